The summed E-state index contributed by atoms with van der Waals surface area (Å²) < 4.78 is 0. The Morgan fingerprint density at radius 2 is 1.70 bits per heavy atom. The van der Waals surface area contributed by atoms with Crippen LogP contribution in [0.3, 0.4) is 0 Å². The van der Waals surface area contributed by atoms with Gasteiger partial charge in [-0.2, -0.15) is 5.17 Å². The van der Waals surface area contributed by atoms with Gasteiger partial charge in [-0.05, 0) is 13.8 Å². The highest BCUT2D eigenvalue weighted by Gasteiger charge is 2.18. The predicted molar refractivity (Wildman–Crippen MR) is 39.1 cm³/mol. The summed E-state index contributed by atoms with van der Waals surface area (Å²) in [5, 5.41) is 11.2. The molecule has 0 unspecified atom stereocenters. The molecule has 0 radical (unpaired) electrons. The van der Waals surface area contributed by atoms with Crippen LogP contribution in [0.5, 0.6) is 0 Å². The van der Waals surface area contributed by atoms with Gasteiger partial charge < -0.3 is 5.21 Å². The smallest absolute Gasteiger partial charge is 0.228 e. The summed E-state index contributed by atoms with van der Waals surface area (Å²) in [6, 6.07) is -0.556. The molecule has 0 heterocycles. The van der Waals surface area contributed by atoms with Gasteiger partial charge >= 0.3 is 0 Å². The van der Waals surface area contributed by atoms with Crippen LogP contribution in [0.4, 0.5) is 0 Å². The van der Waals surface area contributed by atoms with Crippen LogP contribution < -0.4 is 0 Å². The minimum atomic E-state index is -0.278. The van der Waals surface area contributed by atoms with Gasteiger partial charge in [0.25, 0.3) is 0 Å². The van der Waals surface area contributed by atoms with E-state index in [0.717, 1.165) is 0 Å². The second kappa shape index (κ2) is 3.51. The fourth-order valence-corrected chi connectivity index (χ4v) is 0.455. The Morgan fingerprint density at radius 3 is 1.80 bits per heavy atom. The van der Waals surface area contributed by atoms with Crippen molar-refractivity contribution in [2.24, 2.45) is 0 Å². The first-order chi connectivity index (χ1) is 4.46. The van der Waals surface area contributed by atoms with Gasteiger partial charge in [-0.25, -0.2) is 0 Å². The minimum absolute atomic E-state index is 0.278. The largest absolute Gasteiger partial charge is 0.704 e. The van der Waals surface area contributed by atoms with Crippen molar-refractivity contribution in [2.75, 3.05) is 0 Å². The van der Waals surface area contributed by atoms with Gasteiger partial charge in [0.15, 0.2) is 0 Å². The molecule has 4 heteroatoms. The van der Waals surface area contributed by atoms with Crippen molar-refractivity contribution in [3.05, 3.63) is 10.1 Å². The molecule has 0 aromatic rings. The lowest BCUT2D eigenvalue weighted by Gasteiger charge is -2.23. The van der Waals surface area contributed by atoms with E-state index in [1.54, 1.807) is 27.7 Å². The number of hydrazine groups is 1. The number of nitroso groups, excluding NO2 is 1. The molecular weight excluding hydrogens is 132 g/mol. The highest BCUT2D eigenvalue weighted by Crippen LogP contribution is 1.99. The van der Waals surface area contributed by atoms with Crippen LogP contribution in [-0.4, -0.2) is 22.1 Å². The maximum absolute atomic E-state index is 10.8. The van der Waals surface area contributed by atoms with Crippen molar-refractivity contribution < 1.29 is 4.87 Å². The first-order valence-electron chi connectivity index (χ1n) is 3.39. The Hall–Kier alpha value is -0.640. The molecule has 0 aromatic heterocycles. The zero-order valence-corrected chi connectivity index (χ0v) is 6.87. The standard InChI is InChI=1S/C6H14N2O2/c1-5(2)7(9)8(10)6(3)4/h5-6H,1-4H3. The topological polar surface area (TPSA) is 46.4 Å². The molecule has 0 aliphatic carbocycles. The highest BCUT2D eigenvalue weighted by molar-refractivity contribution is 4.49. The van der Waals surface area contributed by atoms with E-state index in [9.17, 15) is 10.1 Å². The number of hydrogen-bond donors (Lipinski definition) is 0. The van der Waals surface area contributed by atoms with Gasteiger partial charge in [0.2, 0.25) is 6.04 Å². The summed E-state index contributed by atoms with van der Waals surface area (Å²) in [4.78, 5) is 11.2. The number of nitrogens with zero attached hydrogens (tertiary/aromatic N) is 2. The van der Waals surface area contributed by atoms with E-state index in [2.05, 4.69) is 0 Å². The third-order valence-corrected chi connectivity index (χ3v) is 1.08. The number of hydroxylamine groups is 1. The van der Waals surface area contributed by atoms with E-state index in [0.29, 0.717) is 10.0 Å². The van der Waals surface area contributed by atoms with Crippen LogP contribution in [0.15, 0.2) is 0 Å². The zero-order valence-electron chi connectivity index (χ0n) is 6.87. The molecule has 0 N–H and O–H groups in total. The lowest BCUT2D eigenvalue weighted by atomic mass is 10.4. The highest BCUT2D eigenvalue weighted by atomic mass is 16.6. The van der Waals surface area contributed by atoms with Crippen molar-refractivity contribution in [3.63, 3.8) is 0 Å². The number of rotatable bonds is 3. The molecule has 10 heavy (non-hydrogen) atoms. The summed E-state index contributed by atoms with van der Waals surface area (Å²) in [5.41, 5.74) is 0. The molecular formula is C6H14N2O2. The lowest BCUT2D eigenvalue weighted by molar-refractivity contribution is -0.723. The molecule has 0 rings (SSSR count). The second-order valence-corrected chi connectivity index (χ2v) is 2.79. The zero-order chi connectivity index (χ0) is 8.31. The lowest BCUT2D eigenvalue weighted by Crippen LogP contribution is -2.37. The molecule has 0 atom stereocenters. The Morgan fingerprint density at radius 1 is 1.30 bits per heavy atom. The Kier molecular flexibility index (Phi) is 3.28. The van der Waals surface area contributed by atoms with Crippen LogP contribution in [0.2, 0.25) is 0 Å². The van der Waals surface area contributed by atoms with Gasteiger partial charge in [-0.15, -0.1) is 0 Å². The molecule has 0 saturated heterocycles. The molecule has 4 nitrogen and oxygen atoms in total. The van der Waals surface area contributed by atoms with Crippen LogP contribution in [0, 0.1) is 10.1 Å². The van der Waals surface area contributed by atoms with E-state index in [1.165, 1.54) is 0 Å². The Balaban J connectivity index is 3.95. The summed E-state index contributed by atoms with van der Waals surface area (Å²) in [5.74, 6) is 0. The minimum Gasteiger partial charge on any atom is -0.704 e. The van der Waals surface area contributed by atoms with Gasteiger partial charge in [0, 0.05) is 13.8 Å². The fraction of sp³-hybridized carbons (Fsp3) is 1.00. The summed E-state index contributed by atoms with van der Waals surface area (Å²) in [6.45, 7) is 6.72. The molecule has 0 fully saturated rings. The maximum Gasteiger partial charge on any atom is 0.228 e. The SMILES string of the molecule is CC(C)N([O-])[N+](=O)C(C)C. The van der Waals surface area contributed by atoms with Crippen molar-refractivity contribution in [2.45, 2.75) is 39.8 Å². The molecule has 0 saturated carbocycles. The van der Waals surface area contributed by atoms with E-state index in [1.807, 2.05) is 0 Å². The van der Waals surface area contributed by atoms with Crippen LogP contribution >= 0.6 is 0 Å². The van der Waals surface area contributed by atoms with Gasteiger partial charge in [0.05, 0.1) is 10.9 Å². The molecule has 0 bridgehead atoms. The van der Waals surface area contributed by atoms with Gasteiger partial charge in [-0.3, -0.25) is 0 Å². The van der Waals surface area contributed by atoms with Crippen LogP contribution in [0.25, 0.3) is 0 Å². The summed E-state index contributed by atoms with van der Waals surface area (Å²) >= 11 is 0. The monoisotopic (exact) mass is 146 g/mol. The molecule has 0 spiro atoms. The van der Waals surface area contributed by atoms with Crippen LogP contribution in [0.1, 0.15) is 27.7 Å². The van der Waals surface area contributed by atoms with E-state index < -0.39 is 0 Å². The summed E-state index contributed by atoms with van der Waals surface area (Å²) in [6.07, 6.45) is 0. The third kappa shape index (κ3) is 2.31. The van der Waals surface area contributed by atoms with Crippen molar-refractivity contribution >= 4 is 0 Å². The second-order valence-electron chi connectivity index (χ2n) is 2.79. The van der Waals surface area contributed by atoms with Crippen molar-refractivity contribution in [1.82, 2.24) is 5.17 Å². The average Bonchev–Trinajstić information content (AvgIpc) is 1.84. The van der Waals surface area contributed by atoms with E-state index in [-0.39, 0.29) is 12.1 Å². The Labute approximate surface area is 60.9 Å². The van der Waals surface area contributed by atoms with Gasteiger partial charge in [0.1, 0.15) is 4.87 Å². The van der Waals surface area contributed by atoms with Gasteiger partial charge in [-0.1, -0.05) is 0 Å². The van der Waals surface area contributed by atoms with Crippen LogP contribution in [-0.2, 0) is 0 Å². The molecule has 60 valence electrons. The normalized spacial score (nSPS) is 10.7. The van der Waals surface area contributed by atoms with E-state index in [4.69, 9.17) is 0 Å². The quantitative estimate of drug-likeness (QED) is 0.445. The maximum atomic E-state index is 10.8. The number of hydrogen-bond acceptors (Lipinski definition) is 2. The molecule has 0 aliphatic rings. The van der Waals surface area contributed by atoms with E-state index >= 15 is 0 Å². The predicted octanol–water partition coefficient (Wildman–Crippen LogP) is 1.30. The third-order valence-electron chi connectivity index (χ3n) is 1.08. The van der Waals surface area contributed by atoms with Crippen molar-refractivity contribution in [1.29, 1.82) is 0 Å². The first-order valence-corrected chi connectivity index (χ1v) is 3.39. The fourth-order valence-electron chi connectivity index (χ4n) is 0.455. The Bertz CT molecular complexity index is 123. The average molecular weight is 146 g/mol. The first kappa shape index (κ1) is 9.36. The summed E-state index contributed by atoms with van der Waals surface area (Å²) in [7, 11) is 0. The molecule has 0 amide bonds. The molecule has 0 aliphatic heterocycles. The molecule has 0 aromatic carbocycles. The van der Waals surface area contributed by atoms with Crippen molar-refractivity contribution in [3.8, 4) is 0 Å².